The van der Waals surface area contributed by atoms with Gasteiger partial charge in [-0.1, -0.05) is 0 Å². The third-order valence-electron chi connectivity index (χ3n) is 2.72. The van der Waals surface area contributed by atoms with Gasteiger partial charge >= 0.3 is 6.09 Å². The van der Waals surface area contributed by atoms with Crippen LogP contribution in [0.15, 0.2) is 12.1 Å². The van der Waals surface area contributed by atoms with Crippen LogP contribution in [-0.2, 0) is 11.3 Å². The molecule has 1 amide bonds. The zero-order valence-electron chi connectivity index (χ0n) is 12.6. The summed E-state index contributed by atoms with van der Waals surface area (Å²) in [5.74, 6) is 1.63. The van der Waals surface area contributed by atoms with E-state index in [0.29, 0.717) is 30.4 Å². The van der Waals surface area contributed by atoms with Gasteiger partial charge in [0.25, 0.3) is 0 Å². The van der Waals surface area contributed by atoms with E-state index < -0.39 is 0 Å². The number of benzene rings is 1. The summed E-state index contributed by atoms with van der Waals surface area (Å²) < 4.78 is 20.7. The lowest BCUT2D eigenvalue weighted by molar-refractivity contribution is 0.114. The van der Waals surface area contributed by atoms with Gasteiger partial charge < -0.3 is 23.8 Å². The minimum absolute atomic E-state index is 0.346. The van der Waals surface area contributed by atoms with Crippen LogP contribution in [0, 0.1) is 0 Å². The van der Waals surface area contributed by atoms with Crippen molar-refractivity contribution < 1.29 is 23.7 Å². The maximum absolute atomic E-state index is 11.6. The van der Waals surface area contributed by atoms with Crippen LogP contribution in [0.5, 0.6) is 17.2 Å². The smallest absolute Gasteiger partial charge is 0.409 e. The summed E-state index contributed by atoms with van der Waals surface area (Å²) in [6.45, 7) is 2.50. The van der Waals surface area contributed by atoms with Crippen LogP contribution in [-0.4, -0.2) is 46.0 Å². The molecule has 0 aliphatic carbocycles. The van der Waals surface area contributed by atoms with Crippen molar-refractivity contribution in [2.75, 3.05) is 35.0 Å². The van der Waals surface area contributed by atoms with Crippen molar-refractivity contribution in [2.24, 2.45) is 0 Å². The fourth-order valence-electron chi connectivity index (χ4n) is 1.80. The molecule has 20 heavy (non-hydrogen) atoms. The third-order valence-corrected chi connectivity index (χ3v) is 2.72. The second-order valence-corrected chi connectivity index (χ2v) is 4.09. The quantitative estimate of drug-likeness (QED) is 0.801. The van der Waals surface area contributed by atoms with Gasteiger partial charge in [-0.2, -0.15) is 0 Å². The summed E-state index contributed by atoms with van der Waals surface area (Å²) in [5, 5.41) is 0. The lowest BCUT2D eigenvalue weighted by Crippen LogP contribution is -2.26. The number of nitrogens with zero attached hydrogens (tertiary/aromatic N) is 1. The molecule has 0 bridgehead atoms. The lowest BCUT2D eigenvalue weighted by atomic mass is 10.1. The van der Waals surface area contributed by atoms with Crippen LogP contribution in [0.4, 0.5) is 4.79 Å². The van der Waals surface area contributed by atoms with Crippen LogP contribution in [0.2, 0.25) is 0 Å². The average Bonchev–Trinajstić information content (AvgIpc) is 2.46. The molecule has 6 heteroatoms. The monoisotopic (exact) mass is 283 g/mol. The molecule has 0 aliphatic rings. The highest BCUT2D eigenvalue weighted by Crippen LogP contribution is 2.38. The van der Waals surface area contributed by atoms with Crippen molar-refractivity contribution in [2.45, 2.75) is 13.5 Å². The zero-order chi connectivity index (χ0) is 15.1. The molecule has 1 aromatic rings. The minimum atomic E-state index is -0.374. The molecule has 0 N–H and O–H groups in total. The summed E-state index contributed by atoms with van der Waals surface area (Å²) in [7, 11) is 6.32. The topological polar surface area (TPSA) is 57.2 Å². The molecule has 0 heterocycles. The Bertz CT molecular complexity index is 436. The maximum Gasteiger partial charge on any atom is 0.409 e. The molecule has 0 aromatic heterocycles. The van der Waals surface area contributed by atoms with E-state index >= 15 is 0 Å². The third kappa shape index (κ3) is 3.69. The van der Waals surface area contributed by atoms with E-state index in [1.807, 2.05) is 0 Å². The molecule has 0 saturated carbocycles. The second kappa shape index (κ2) is 7.47. The first-order chi connectivity index (χ1) is 9.57. The lowest BCUT2D eigenvalue weighted by Gasteiger charge is -2.19. The molecular formula is C14H21NO5. The van der Waals surface area contributed by atoms with Crippen molar-refractivity contribution in [3.63, 3.8) is 0 Å². The molecule has 0 atom stereocenters. The number of methoxy groups -OCH3 is 3. The molecule has 1 aromatic carbocycles. The standard InChI is InChI=1S/C14H21NO5/c1-6-20-14(16)15(2)9-10-7-11(17-3)13(19-5)12(8-10)18-4/h7-8H,6,9H2,1-5H3. The first-order valence-corrected chi connectivity index (χ1v) is 6.24. The molecule has 0 unspecified atom stereocenters. The molecule has 6 nitrogen and oxygen atoms in total. The number of hydrogen-bond acceptors (Lipinski definition) is 5. The van der Waals surface area contributed by atoms with Gasteiger partial charge in [0.1, 0.15) is 0 Å². The summed E-state index contributed by atoms with van der Waals surface area (Å²) in [4.78, 5) is 13.1. The molecule has 1 rings (SSSR count). The van der Waals surface area contributed by atoms with Crippen LogP contribution in [0.3, 0.4) is 0 Å². The normalized spacial score (nSPS) is 9.85. The van der Waals surface area contributed by atoms with Gasteiger partial charge in [-0.25, -0.2) is 4.79 Å². The van der Waals surface area contributed by atoms with E-state index in [4.69, 9.17) is 18.9 Å². The van der Waals surface area contributed by atoms with Crippen LogP contribution in [0.1, 0.15) is 12.5 Å². The number of hydrogen-bond donors (Lipinski definition) is 0. The number of carbonyl (C=O) groups excluding carboxylic acids is 1. The summed E-state index contributed by atoms with van der Waals surface area (Å²) in [6.07, 6.45) is -0.374. The predicted octanol–water partition coefficient (Wildman–Crippen LogP) is 2.30. The van der Waals surface area contributed by atoms with Crippen molar-refractivity contribution >= 4 is 6.09 Å². The van der Waals surface area contributed by atoms with E-state index in [1.165, 1.54) is 4.90 Å². The van der Waals surface area contributed by atoms with E-state index in [-0.39, 0.29) is 6.09 Å². The highest BCUT2D eigenvalue weighted by Gasteiger charge is 2.16. The fourth-order valence-corrected chi connectivity index (χ4v) is 1.80. The molecule has 0 fully saturated rings. The molecule has 0 aliphatic heterocycles. The van der Waals surface area contributed by atoms with Gasteiger partial charge in [0.2, 0.25) is 5.75 Å². The van der Waals surface area contributed by atoms with E-state index in [9.17, 15) is 4.79 Å². The van der Waals surface area contributed by atoms with E-state index in [1.54, 1.807) is 47.4 Å². The van der Waals surface area contributed by atoms with Gasteiger partial charge in [-0.15, -0.1) is 0 Å². The van der Waals surface area contributed by atoms with E-state index in [2.05, 4.69) is 0 Å². The molecule has 112 valence electrons. The maximum atomic E-state index is 11.6. The average molecular weight is 283 g/mol. The van der Waals surface area contributed by atoms with Gasteiger partial charge in [0.15, 0.2) is 11.5 Å². The fraction of sp³-hybridized carbons (Fsp3) is 0.500. The van der Waals surface area contributed by atoms with Crippen LogP contribution in [0.25, 0.3) is 0 Å². The highest BCUT2D eigenvalue weighted by atomic mass is 16.6. The molecule has 0 spiro atoms. The van der Waals surface area contributed by atoms with Crippen molar-refractivity contribution in [3.05, 3.63) is 17.7 Å². The van der Waals surface area contributed by atoms with Crippen molar-refractivity contribution in [3.8, 4) is 17.2 Å². The number of amides is 1. The SMILES string of the molecule is CCOC(=O)N(C)Cc1cc(OC)c(OC)c(OC)c1. The van der Waals surface area contributed by atoms with Crippen LogP contribution < -0.4 is 14.2 Å². The minimum Gasteiger partial charge on any atom is -0.493 e. The Labute approximate surface area is 119 Å². The summed E-state index contributed by atoms with van der Waals surface area (Å²) >= 11 is 0. The number of rotatable bonds is 6. The Balaban J connectivity index is 2.98. The Hall–Kier alpha value is -2.11. The Kier molecular flexibility index (Phi) is 5.96. The summed E-state index contributed by atoms with van der Waals surface area (Å²) in [5.41, 5.74) is 0.857. The number of carbonyl (C=O) groups is 1. The molecule has 0 radical (unpaired) electrons. The number of ether oxygens (including phenoxy) is 4. The van der Waals surface area contributed by atoms with Crippen molar-refractivity contribution in [1.29, 1.82) is 0 Å². The van der Waals surface area contributed by atoms with Gasteiger partial charge in [-0.3, -0.25) is 0 Å². The largest absolute Gasteiger partial charge is 0.493 e. The Morgan fingerprint density at radius 2 is 1.65 bits per heavy atom. The Morgan fingerprint density at radius 3 is 2.05 bits per heavy atom. The van der Waals surface area contributed by atoms with Crippen LogP contribution >= 0.6 is 0 Å². The zero-order valence-corrected chi connectivity index (χ0v) is 12.6. The van der Waals surface area contributed by atoms with E-state index in [0.717, 1.165) is 5.56 Å². The second-order valence-electron chi connectivity index (χ2n) is 4.09. The van der Waals surface area contributed by atoms with Gasteiger partial charge in [0, 0.05) is 13.6 Å². The first-order valence-electron chi connectivity index (χ1n) is 6.24. The highest BCUT2D eigenvalue weighted by molar-refractivity contribution is 5.67. The first kappa shape index (κ1) is 15.9. The van der Waals surface area contributed by atoms with Gasteiger partial charge in [-0.05, 0) is 24.6 Å². The summed E-state index contributed by atoms with van der Waals surface area (Å²) in [6, 6.07) is 3.61. The Morgan fingerprint density at radius 1 is 1.10 bits per heavy atom. The van der Waals surface area contributed by atoms with Crippen molar-refractivity contribution in [1.82, 2.24) is 4.90 Å². The predicted molar refractivity (Wildman–Crippen MR) is 74.6 cm³/mol. The molecule has 0 saturated heterocycles. The molecular weight excluding hydrogens is 262 g/mol. The van der Waals surface area contributed by atoms with Gasteiger partial charge in [0.05, 0.1) is 27.9 Å².